The van der Waals surface area contributed by atoms with Crippen LogP contribution in [0.25, 0.3) is 0 Å². The fourth-order valence-corrected chi connectivity index (χ4v) is 2.26. The van der Waals surface area contributed by atoms with Gasteiger partial charge in [-0.15, -0.1) is 0 Å². The third-order valence-electron chi connectivity index (χ3n) is 3.89. The standard InChI is InChI=1S/C16H24N2O/c1-16(2,13-7-5-4-6-8-13)12-17-11-15(19)18(3)14-9-10-14/h4-8,14,17H,9-12H2,1-3H3. The van der Waals surface area contributed by atoms with Crippen LogP contribution in [0.3, 0.4) is 0 Å². The second-order valence-corrected chi connectivity index (χ2v) is 6.09. The Hall–Kier alpha value is -1.35. The second kappa shape index (κ2) is 5.74. The van der Waals surface area contributed by atoms with Gasteiger partial charge in [-0.3, -0.25) is 4.79 Å². The predicted octanol–water partition coefficient (Wildman–Crippen LogP) is 2.17. The molecule has 0 bridgehead atoms. The maximum Gasteiger partial charge on any atom is 0.236 e. The van der Waals surface area contributed by atoms with Crippen LogP contribution in [0, 0.1) is 0 Å². The number of nitrogens with one attached hydrogen (secondary N) is 1. The lowest BCUT2D eigenvalue weighted by molar-refractivity contribution is -0.129. The van der Waals surface area contributed by atoms with Crippen molar-refractivity contribution >= 4 is 5.91 Å². The Morgan fingerprint density at radius 3 is 2.53 bits per heavy atom. The Labute approximate surface area is 116 Å². The van der Waals surface area contributed by atoms with Crippen molar-refractivity contribution in [1.29, 1.82) is 0 Å². The molecule has 1 fully saturated rings. The van der Waals surface area contributed by atoms with Gasteiger partial charge in [0.2, 0.25) is 5.91 Å². The quantitative estimate of drug-likeness (QED) is 0.850. The molecule has 1 aliphatic carbocycles. The molecule has 1 saturated carbocycles. The molecule has 19 heavy (non-hydrogen) atoms. The average molecular weight is 260 g/mol. The van der Waals surface area contributed by atoms with E-state index in [1.807, 2.05) is 18.0 Å². The van der Waals surface area contributed by atoms with E-state index in [4.69, 9.17) is 0 Å². The van der Waals surface area contributed by atoms with Gasteiger partial charge in [-0.2, -0.15) is 0 Å². The third kappa shape index (κ3) is 3.80. The summed E-state index contributed by atoms with van der Waals surface area (Å²) in [6.45, 7) is 5.64. The van der Waals surface area contributed by atoms with Crippen molar-refractivity contribution in [2.24, 2.45) is 0 Å². The zero-order valence-electron chi connectivity index (χ0n) is 12.1. The number of nitrogens with zero attached hydrogens (tertiary/aromatic N) is 1. The van der Waals surface area contributed by atoms with Crippen molar-refractivity contribution in [2.45, 2.75) is 38.1 Å². The molecule has 0 radical (unpaired) electrons. The highest BCUT2D eigenvalue weighted by atomic mass is 16.2. The van der Waals surface area contributed by atoms with Crippen LogP contribution >= 0.6 is 0 Å². The van der Waals surface area contributed by atoms with E-state index in [9.17, 15) is 4.79 Å². The van der Waals surface area contributed by atoms with Gasteiger partial charge in [-0.1, -0.05) is 44.2 Å². The molecule has 1 aliphatic rings. The number of carbonyl (C=O) groups excluding carboxylic acids is 1. The van der Waals surface area contributed by atoms with E-state index in [1.54, 1.807) is 0 Å². The van der Waals surface area contributed by atoms with Crippen LogP contribution in [0.4, 0.5) is 0 Å². The zero-order valence-corrected chi connectivity index (χ0v) is 12.1. The second-order valence-electron chi connectivity index (χ2n) is 6.09. The van der Waals surface area contributed by atoms with E-state index < -0.39 is 0 Å². The van der Waals surface area contributed by atoms with Gasteiger partial charge in [0.1, 0.15) is 0 Å². The number of rotatable bonds is 6. The lowest BCUT2D eigenvalue weighted by Crippen LogP contribution is -2.41. The van der Waals surface area contributed by atoms with E-state index in [0.717, 1.165) is 19.4 Å². The number of amides is 1. The molecule has 1 aromatic rings. The molecule has 1 N–H and O–H groups in total. The molecule has 2 rings (SSSR count). The number of carbonyl (C=O) groups is 1. The first kappa shape index (κ1) is 14.1. The Kier molecular flexibility index (Phi) is 4.25. The van der Waals surface area contributed by atoms with E-state index in [-0.39, 0.29) is 11.3 Å². The van der Waals surface area contributed by atoms with E-state index in [0.29, 0.717) is 12.6 Å². The molecule has 0 heterocycles. The van der Waals surface area contributed by atoms with Crippen molar-refractivity contribution in [2.75, 3.05) is 20.1 Å². The summed E-state index contributed by atoms with van der Waals surface area (Å²) in [6, 6.07) is 10.9. The van der Waals surface area contributed by atoms with Crippen molar-refractivity contribution < 1.29 is 4.79 Å². The molecule has 0 saturated heterocycles. The maximum absolute atomic E-state index is 11.9. The summed E-state index contributed by atoms with van der Waals surface area (Å²) in [5.74, 6) is 0.200. The smallest absolute Gasteiger partial charge is 0.236 e. The van der Waals surface area contributed by atoms with Crippen molar-refractivity contribution in [1.82, 2.24) is 10.2 Å². The highest BCUT2D eigenvalue weighted by molar-refractivity contribution is 5.78. The topological polar surface area (TPSA) is 32.3 Å². The van der Waals surface area contributed by atoms with Crippen LogP contribution in [-0.4, -0.2) is 37.0 Å². The molecule has 1 amide bonds. The average Bonchev–Trinajstić information content (AvgIpc) is 3.23. The summed E-state index contributed by atoms with van der Waals surface area (Å²) in [5, 5.41) is 3.30. The number of benzene rings is 1. The van der Waals surface area contributed by atoms with Crippen LogP contribution in [0.2, 0.25) is 0 Å². The van der Waals surface area contributed by atoms with Crippen LogP contribution in [0.1, 0.15) is 32.3 Å². The maximum atomic E-state index is 11.9. The predicted molar refractivity (Wildman–Crippen MR) is 78.1 cm³/mol. The summed E-state index contributed by atoms with van der Waals surface area (Å²) in [6.07, 6.45) is 2.33. The summed E-state index contributed by atoms with van der Waals surface area (Å²) >= 11 is 0. The van der Waals surface area contributed by atoms with E-state index in [2.05, 4.69) is 43.4 Å². The Morgan fingerprint density at radius 1 is 1.32 bits per heavy atom. The largest absolute Gasteiger partial charge is 0.342 e. The van der Waals surface area contributed by atoms with E-state index in [1.165, 1.54) is 5.56 Å². The van der Waals surface area contributed by atoms with Crippen LogP contribution in [0.5, 0.6) is 0 Å². The fourth-order valence-electron chi connectivity index (χ4n) is 2.26. The van der Waals surface area contributed by atoms with Crippen molar-refractivity contribution in [3.05, 3.63) is 35.9 Å². The Balaban J connectivity index is 1.80. The third-order valence-corrected chi connectivity index (χ3v) is 3.89. The Morgan fingerprint density at radius 2 is 1.95 bits per heavy atom. The lowest BCUT2D eigenvalue weighted by Gasteiger charge is -2.26. The highest BCUT2D eigenvalue weighted by Crippen LogP contribution is 2.25. The normalized spacial score (nSPS) is 15.3. The minimum Gasteiger partial charge on any atom is -0.342 e. The highest BCUT2D eigenvalue weighted by Gasteiger charge is 2.29. The van der Waals surface area contributed by atoms with Crippen molar-refractivity contribution in [3.8, 4) is 0 Å². The molecule has 3 nitrogen and oxygen atoms in total. The molecule has 0 unspecified atom stereocenters. The summed E-state index contributed by atoms with van der Waals surface area (Å²) in [7, 11) is 1.91. The zero-order chi connectivity index (χ0) is 13.9. The van der Waals surface area contributed by atoms with Gasteiger partial charge in [-0.05, 0) is 18.4 Å². The van der Waals surface area contributed by atoms with Gasteiger partial charge in [-0.25, -0.2) is 0 Å². The molecular weight excluding hydrogens is 236 g/mol. The molecule has 1 aromatic carbocycles. The lowest BCUT2D eigenvalue weighted by atomic mass is 9.84. The minimum atomic E-state index is 0.0414. The summed E-state index contributed by atoms with van der Waals surface area (Å²) in [5.41, 5.74) is 1.34. The molecule has 0 aromatic heterocycles. The summed E-state index contributed by atoms with van der Waals surface area (Å²) < 4.78 is 0. The van der Waals surface area contributed by atoms with Crippen LogP contribution in [0.15, 0.2) is 30.3 Å². The minimum absolute atomic E-state index is 0.0414. The van der Waals surface area contributed by atoms with E-state index >= 15 is 0 Å². The van der Waals surface area contributed by atoms with Gasteiger partial charge >= 0.3 is 0 Å². The van der Waals surface area contributed by atoms with Gasteiger partial charge < -0.3 is 10.2 Å². The first-order chi connectivity index (χ1) is 9.00. The van der Waals surface area contributed by atoms with Crippen molar-refractivity contribution in [3.63, 3.8) is 0 Å². The first-order valence-corrected chi connectivity index (χ1v) is 7.02. The number of hydrogen-bond donors (Lipinski definition) is 1. The fraction of sp³-hybridized carbons (Fsp3) is 0.562. The molecular formula is C16H24N2O. The first-order valence-electron chi connectivity index (χ1n) is 7.02. The molecule has 0 aliphatic heterocycles. The number of hydrogen-bond acceptors (Lipinski definition) is 2. The monoisotopic (exact) mass is 260 g/mol. The number of likely N-dealkylation sites (N-methyl/N-ethyl adjacent to an activating group) is 1. The Bertz CT molecular complexity index is 424. The van der Waals surface area contributed by atoms with Gasteiger partial charge in [0, 0.05) is 25.0 Å². The molecule has 104 valence electrons. The van der Waals surface area contributed by atoms with Gasteiger partial charge in [0.05, 0.1) is 6.54 Å². The SMILES string of the molecule is CN(C(=O)CNCC(C)(C)c1ccccc1)C1CC1. The molecule has 0 spiro atoms. The summed E-state index contributed by atoms with van der Waals surface area (Å²) in [4.78, 5) is 13.8. The molecule has 3 heteroatoms. The van der Waals surface area contributed by atoms with Crippen LogP contribution in [-0.2, 0) is 10.2 Å². The van der Waals surface area contributed by atoms with Gasteiger partial charge in [0.15, 0.2) is 0 Å². The molecule has 0 atom stereocenters. The van der Waals surface area contributed by atoms with Gasteiger partial charge in [0.25, 0.3) is 0 Å². The van der Waals surface area contributed by atoms with Crippen LogP contribution < -0.4 is 5.32 Å².